The SMILES string of the molecule is N#CC1(C(=O)OCCCl)C=Cc2ccccc2N1. The van der Waals surface area contributed by atoms with Crippen LogP contribution >= 0.6 is 11.6 Å². The lowest BCUT2D eigenvalue weighted by molar-refractivity contribution is -0.144. The number of alkyl halides is 1. The van der Waals surface area contributed by atoms with Crippen LogP contribution in [0.3, 0.4) is 0 Å². The molecule has 0 radical (unpaired) electrons. The zero-order valence-electron chi connectivity index (χ0n) is 9.52. The predicted molar refractivity (Wildman–Crippen MR) is 69.1 cm³/mol. The van der Waals surface area contributed by atoms with Crippen LogP contribution in [0.5, 0.6) is 0 Å². The van der Waals surface area contributed by atoms with Crippen LogP contribution in [0.1, 0.15) is 5.56 Å². The van der Waals surface area contributed by atoms with E-state index >= 15 is 0 Å². The fourth-order valence-electron chi connectivity index (χ4n) is 1.70. The smallest absolute Gasteiger partial charge is 0.351 e. The zero-order valence-corrected chi connectivity index (χ0v) is 10.3. The van der Waals surface area contributed by atoms with E-state index in [0.29, 0.717) is 0 Å². The average molecular weight is 263 g/mol. The minimum absolute atomic E-state index is 0.0843. The number of hydrogen-bond acceptors (Lipinski definition) is 4. The van der Waals surface area contributed by atoms with Crippen molar-refractivity contribution in [1.82, 2.24) is 0 Å². The highest BCUT2D eigenvalue weighted by Crippen LogP contribution is 2.28. The number of fused-ring (bicyclic) bond motifs is 1. The van der Waals surface area contributed by atoms with E-state index < -0.39 is 11.5 Å². The molecule has 0 saturated heterocycles. The number of carbonyl (C=O) groups excluding carboxylic acids is 1. The van der Waals surface area contributed by atoms with E-state index in [2.05, 4.69) is 5.32 Å². The van der Waals surface area contributed by atoms with Gasteiger partial charge in [0.15, 0.2) is 0 Å². The zero-order chi connectivity index (χ0) is 13.0. The normalized spacial score (nSPS) is 20.4. The number of benzene rings is 1. The molecule has 0 saturated carbocycles. The number of carbonyl (C=O) groups is 1. The number of nitriles is 1. The number of rotatable bonds is 3. The minimum Gasteiger partial charge on any atom is -0.462 e. The van der Waals surface area contributed by atoms with Crippen LogP contribution in [0.15, 0.2) is 30.3 Å². The van der Waals surface area contributed by atoms with Gasteiger partial charge < -0.3 is 10.1 Å². The molecule has 1 N–H and O–H groups in total. The van der Waals surface area contributed by atoms with Gasteiger partial charge in [-0.1, -0.05) is 24.3 Å². The van der Waals surface area contributed by atoms with Crippen molar-refractivity contribution in [2.24, 2.45) is 0 Å². The maximum atomic E-state index is 11.9. The minimum atomic E-state index is -1.47. The third-order valence-electron chi connectivity index (χ3n) is 2.61. The summed E-state index contributed by atoms with van der Waals surface area (Å²) in [6.45, 7) is 0.0843. The summed E-state index contributed by atoms with van der Waals surface area (Å²) in [5.74, 6) is -0.440. The maximum Gasteiger partial charge on any atom is 0.351 e. The Morgan fingerprint density at radius 1 is 1.50 bits per heavy atom. The lowest BCUT2D eigenvalue weighted by Crippen LogP contribution is -2.46. The standard InChI is InChI=1S/C13H11ClN2O2/c14-7-8-18-12(17)13(9-15)6-5-10-3-1-2-4-11(10)16-13/h1-6,16H,7-8H2. The number of esters is 1. The van der Waals surface area contributed by atoms with Gasteiger partial charge in [-0.2, -0.15) is 5.26 Å². The van der Waals surface area contributed by atoms with E-state index in [9.17, 15) is 10.1 Å². The first-order valence-corrected chi connectivity index (χ1v) is 5.96. The van der Waals surface area contributed by atoms with Crippen molar-refractivity contribution in [1.29, 1.82) is 5.26 Å². The van der Waals surface area contributed by atoms with Crippen molar-refractivity contribution in [2.45, 2.75) is 5.54 Å². The second kappa shape index (κ2) is 5.11. The Kier molecular flexibility index (Phi) is 3.54. The molecule has 92 valence electrons. The Morgan fingerprint density at radius 2 is 2.28 bits per heavy atom. The third-order valence-corrected chi connectivity index (χ3v) is 2.77. The topological polar surface area (TPSA) is 62.1 Å². The number of nitrogens with zero attached hydrogens (tertiary/aromatic N) is 1. The Balaban J connectivity index is 2.28. The van der Waals surface area contributed by atoms with Crippen molar-refractivity contribution >= 4 is 29.3 Å². The van der Waals surface area contributed by atoms with E-state index in [-0.39, 0.29) is 12.5 Å². The lowest BCUT2D eigenvalue weighted by Gasteiger charge is -2.27. The van der Waals surface area contributed by atoms with Crippen LogP contribution in [0, 0.1) is 11.3 Å². The van der Waals surface area contributed by atoms with Crippen molar-refractivity contribution in [3.8, 4) is 6.07 Å². The van der Waals surface area contributed by atoms with E-state index in [1.54, 1.807) is 12.1 Å². The number of hydrogen-bond donors (Lipinski definition) is 1. The second-order valence-corrected chi connectivity index (χ2v) is 4.17. The van der Waals surface area contributed by atoms with Crippen molar-refractivity contribution in [2.75, 3.05) is 17.8 Å². The highest BCUT2D eigenvalue weighted by Gasteiger charge is 2.40. The van der Waals surface area contributed by atoms with Crippen LogP contribution in [-0.4, -0.2) is 24.0 Å². The fraction of sp³-hybridized carbons (Fsp3) is 0.231. The Morgan fingerprint density at radius 3 is 3.00 bits per heavy atom. The van der Waals surface area contributed by atoms with Crippen molar-refractivity contribution < 1.29 is 9.53 Å². The van der Waals surface area contributed by atoms with E-state index in [1.807, 2.05) is 24.3 Å². The summed E-state index contributed by atoms with van der Waals surface area (Å²) >= 11 is 5.46. The molecule has 4 nitrogen and oxygen atoms in total. The summed E-state index contributed by atoms with van der Waals surface area (Å²) in [6, 6.07) is 9.37. The van der Waals surface area contributed by atoms with Gasteiger partial charge in [0.1, 0.15) is 12.7 Å². The molecule has 1 heterocycles. The molecule has 0 aliphatic carbocycles. The molecule has 0 bridgehead atoms. The molecule has 0 spiro atoms. The van der Waals surface area contributed by atoms with Gasteiger partial charge in [-0.05, 0) is 17.7 Å². The van der Waals surface area contributed by atoms with Crippen LogP contribution < -0.4 is 5.32 Å². The highest BCUT2D eigenvalue weighted by molar-refractivity contribution is 6.18. The van der Waals surface area contributed by atoms with Crippen LogP contribution in [0.25, 0.3) is 6.08 Å². The second-order valence-electron chi connectivity index (χ2n) is 3.79. The van der Waals surface area contributed by atoms with Gasteiger partial charge in [-0.3, -0.25) is 0 Å². The number of halogens is 1. The van der Waals surface area contributed by atoms with E-state index in [1.165, 1.54) is 6.08 Å². The monoisotopic (exact) mass is 262 g/mol. The Hall–Kier alpha value is -1.99. The van der Waals surface area contributed by atoms with Gasteiger partial charge in [-0.25, -0.2) is 4.79 Å². The molecule has 18 heavy (non-hydrogen) atoms. The molecule has 1 aliphatic rings. The molecule has 1 aliphatic heterocycles. The van der Waals surface area contributed by atoms with Gasteiger partial charge in [0.05, 0.1) is 5.88 Å². The van der Waals surface area contributed by atoms with Crippen LogP contribution in [0.4, 0.5) is 5.69 Å². The Bertz CT molecular complexity index is 536. The predicted octanol–water partition coefficient (Wildman–Crippen LogP) is 2.17. The summed E-state index contributed by atoms with van der Waals surface area (Å²) in [5.41, 5.74) is 0.179. The fourth-order valence-corrected chi connectivity index (χ4v) is 1.78. The number of para-hydroxylation sites is 1. The van der Waals surface area contributed by atoms with Crippen LogP contribution in [0.2, 0.25) is 0 Å². The van der Waals surface area contributed by atoms with Crippen molar-refractivity contribution in [3.63, 3.8) is 0 Å². The molecule has 1 aromatic rings. The van der Waals surface area contributed by atoms with E-state index in [0.717, 1.165) is 11.3 Å². The summed E-state index contributed by atoms with van der Waals surface area (Å²) in [7, 11) is 0. The molecule has 2 rings (SSSR count). The first kappa shape index (κ1) is 12.5. The van der Waals surface area contributed by atoms with Gasteiger partial charge in [-0.15, -0.1) is 11.6 Å². The number of nitrogens with one attached hydrogen (secondary N) is 1. The van der Waals surface area contributed by atoms with Crippen molar-refractivity contribution in [3.05, 3.63) is 35.9 Å². The molecule has 1 atom stereocenters. The van der Waals surface area contributed by atoms with Gasteiger partial charge >= 0.3 is 5.97 Å². The molecule has 0 amide bonds. The summed E-state index contributed by atoms with van der Waals surface area (Å²) in [5, 5.41) is 12.1. The molecule has 0 fully saturated rings. The quantitative estimate of drug-likeness (QED) is 0.670. The lowest BCUT2D eigenvalue weighted by atomic mass is 9.94. The van der Waals surface area contributed by atoms with Gasteiger partial charge in [0.25, 0.3) is 0 Å². The van der Waals surface area contributed by atoms with Crippen LogP contribution in [-0.2, 0) is 9.53 Å². The molecular formula is C13H11ClN2O2. The number of ether oxygens (including phenoxy) is 1. The van der Waals surface area contributed by atoms with E-state index in [4.69, 9.17) is 16.3 Å². The first-order chi connectivity index (χ1) is 8.72. The maximum absolute atomic E-state index is 11.9. The molecule has 5 heteroatoms. The molecule has 1 aromatic carbocycles. The largest absolute Gasteiger partial charge is 0.462 e. The summed E-state index contributed by atoms with van der Waals surface area (Å²) in [4.78, 5) is 11.9. The number of anilines is 1. The first-order valence-electron chi connectivity index (χ1n) is 5.43. The highest BCUT2D eigenvalue weighted by atomic mass is 35.5. The molecular weight excluding hydrogens is 252 g/mol. The summed E-state index contributed by atoms with van der Waals surface area (Å²) < 4.78 is 4.93. The summed E-state index contributed by atoms with van der Waals surface area (Å²) in [6.07, 6.45) is 3.24. The molecule has 1 unspecified atom stereocenters. The van der Waals surface area contributed by atoms with Gasteiger partial charge in [0.2, 0.25) is 5.54 Å². The Labute approximate surface area is 110 Å². The van der Waals surface area contributed by atoms with Gasteiger partial charge in [0, 0.05) is 5.69 Å². The molecule has 0 aromatic heterocycles. The third kappa shape index (κ3) is 2.18. The average Bonchev–Trinajstić information content (AvgIpc) is 2.44.